The quantitative estimate of drug-likeness (QED) is 0.791. The molecule has 0 aliphatic rings. The summed E-state index contributed by atoms with van der Waals surface area (Å²) in [6.07, 6.45) is 0. The molecule has 6 heteroatoms. The lowest BCUT2D eigenvalue weighted by molar-refractivity contribution is 0.853. The summed E-state index contributed by atoms with van der Waals surface area (Å²) in [6.45, 7) is 0. The van der Waals surface area contributed by atoms with Crippen LogP contribution < -0.4 is 0 Å². The van der Waals surface area contributed by atoms with Crippen LogP contribution >= 0.6 is 39.1 Å². The summed E-state index contributed by atoms with van der Waals surface area (Å²) in [5.74, 6) is 1.75. The molecule has 0 amide bonds. The Bertz CT molecular complexity index is 525. The Morgan fingerprint density at radius 1 is 1.38 bits per heavy atom. The van der Waals surface area contributed by atoms with Gasteiger partial charge in [-0.1, -0.05) is 17.7 Å². The van der Waals surface area contributed by atoms with Gasteiger partial charge in [-0.25, -0.2) is 0 Å². The van der Waals surface area contributed by atoms with Crippen molar-refractivity contribution in [3.05, 3.63) is 33.5 Å². The molecule has 2 aromatic rings. The minimum atomic E-state index is 0.328. The normalized spacial score (nSPS) is 10.8. The SMILES string of the molecule is Cn1c(CCl)nnc1-c1cccc(Br)c1Cl. The van der Waals surface area contributed by atoms with Crippen LogP contribution in [0.2, 0.25) is 5.02 Å². The molecule has 0 bridgehead atoms. The highest BCUT2D eigenvalue weighted by Gasteiger charge is 2.13. The molecule has 2 rings (SSSR count). The molecule has 0 saturated heterocycles. The Balaban J connectivity index is 2.59. The highest BCUT2D eigenvalue weighted by atomic mass is 79.9. The van der Waals surface area contributed by atoms with Gasteiger partial charge in [-0.05, 0) is 28.1 Å². The Morgan fingerprint density at radius 3 is 2.75 bits per heavy atom. The monoisotopic (exact) mass is 319 g/mol. The lowest BCUT2D eigenvalue weighted by Crippen LogP contribution is -1.97. The number of halogens is 3. The number of hydrogen-bond donors (Lipinski definition) is 0. The zero-order chi connectivity index (χ0) is 11.7. The van der Waals surface area contributed by atoms with E-state index in [9.17, 15) is 0 Å². The Morgan fingerprint density at radius 2 is 2.12 bits per heavy atom. The molecular weight excluding hydrogens is 313 g/mol. The van der Waals surface area contributed by atoms with Crippen molar-refractivity contribution < 1.29 is 0 Å². The number of rotatable bonds is 2. The largest absolute Gasteiger partial charge is 0.313 e. The third-order valence-corrected chi connectivity index (χ3v) is 3.81. The summed E-state index contributed by atoms with van der Waals surface area (Å²) in [5.41, 5.74) is 0.836. The summed E-state index contributed by atoms with van der Waals surface area (Å²) < 4.78 is 2.67. The lowest BCUT2D eigenvalue weighted by Gasteiger charge is -2.05. The van der Waals surface area contributed by atoms with Crippen molar-refractivity contribution in [3.63, 3.8) is 0 Å². The van der Waals surface area contributed by atoms with Gasteiger partial charge in [0, 0.05) is 17.1 Å². The molecule has 0 fully saturated rings. The number of aromatic nitrogens is 3. The van der Waals surface area contributed by atoms with E-state index in [-0.39, 0.29) is 0 Å². The molecule has 16 heavy (non-hydrogen) atoms. The predicted octanol–water partition coefficient (Wildman–Crippen LogP) is 3.64. The van der Waals surface area contributed by atoms with E-state index in [1.165, 1.54) is 0 Å². The zero-order valence-corrected chi connectivity index (χ0v) is 11.5. The summed E-state index contributed by atoms with van der Waals surface area (Å²) >= 11 is 15.3. The molecule has 0 aliphatic heterocycles. The molecule has 0 N–H and O–H groups in total. The van der Waals surface area contributed by atoms with Gasteiger partial charge in [0.2, 0.25) is 0 Å². The maximum absolute atomic E-state index is 6.19. The average molecular weight is 321 g/mol. The summed E-state index contributed by atoms with van der Waals surface area (Å²) in [6, 6.07) is 5.68. The van der Waals surface area contributed by atoms with Crippen LogP contribution in [0.15, 0.2) is 22.7 Å². The van der Waals surface area contributed by atoms with Crippen molar-refractivity contribution >= 4 is 39.1 Å². The molecule has 1 aromatic heterocycles. The summed E-state index contributed by atoms with van der Waals surface area (Å²) in [7, 11) is 1.87. The maximum atomic E-state index is 6.19. The topological polar surface area (TPSA) is 30.7 Å². The van der Waals surface area contributed by atoms with Crippen LogP contribution in [0, 0.1) is 0 Å². The van der Waals surface area contributed by atoms with Crippen molar-refractivity contribution in [3.8, 4) is 11.4 Å². The fourth-order valence-electron chi connectivity index (χ4n) is 1.39. The maximum Gasteiger partial charge on any atom is 0.165 e. The second-order valence-electron chi connectivity index (χ2n) is 3.23. The van der Waals surface area contributed by atoms with Crippen LogP contribution in [-0.2, 0) is 12.9 Å². The fraction of sp³-hybridized carbons (Fsp3) is 0.200. The van der Waals surface area contributed by atoms with Gasteiger partial charge in [-0.3, -0.25) is 0 Å². The minimum Gasteiger partial charge on any atom is -0.313 e. The van der Waals surface area contributed by atoms with Crippen LogP contribution in [0.5, 0.6) is 0 Å². The first-order valence-corrected chi connectivity index (χ1v) is 6.24. The van der Waals surface area contributed by atoms with Gasteiger partial charge in [0.1, 0.15) is 5.82 Å². The van der Waals surface area contributed by atoms with E-state index < -0.39 is 0 Å². The molecule has 0 radical (unpaired) electrons. The molecule has 1 heterocycles. The van der Waals surface area contributed by atoms with Crippen LogP contribution in [0.4, 0.5) is 0 Å². The first-order chi connectivity index (χ1) is 7.65. The van der Waals surface area contributed by atoms with Crippen molar-refractivity contribution in [2.24, 2.45) is 7.05 Å². The van der Waals surface area contributed by atoms with Crippen LogP contribution in [0.1, 0.15) is 5.82 Å². The highest BCUT2D eigenvalue weighted by Crippen LogP contribution is 2.32. The van der Waals surface area contributed by atoms with Crippen molar-refractivity contribution in [2.75, 3.05) is 0 Å². The highest BCUT2D eigenvalue weighted by molar-refractivity contribution is 9.10. The summed E-state index contributed by atoms with van der Waals surface area (Å²) in [4.78, 5) is 0. The third kappa shape index (κ3) is 1.97. The molecule has 84 valence electrons. The Hall–Kier alpha value is -0.580. The van der Waals surface area contributed by atoms with E-state index in [4.69, 9.17) is 23.2 Å². The van der Waals surface area contributed by atoms with E-state index >= 15 is 0 Å². The molecular formula is C10H8BrCl2N3. The summed E-state index contributed by atoms with van der Waals surface area (Å²) in [5, 5.41) is 8.69. The second kappa shape index (κ2) is 4.73. The smallest absolute Gasteiger partial charge is 0.165 e. The van der Waals surface area contributed by atoms with Crippen LogP contribution in [-0.4, -0.2) is 14.8 Å². The van der Waals surface area contributed by atoms with Crippen LogP contribution in [0.25, 0.3) is 11.4 Å². The van der Waals surface area contributed by atoms with E-state index in [1.54, 1.807) is 0 Å². The number of alkyl halides is 1. The second-order valence-corrected chi connectivity index (χ2v) is 4.73. The third-order valence-electron chi connectivity index (χ3n) is 2.28. The van der Waals surface area contributed by atoms with E-state index in [1.807, 2.05) is 29.8 Å². The lowest BCUT2D eigenvalue weighted by atomic mass is 10.2. The number of benzene rings is 1. The van der Waals surface area contributed by atoms with Crippen molar-refractivity contribution in [1.82, 2.24) is 14.8 Å². The van der Waals surface area contributed by atoms with Gasteiger partial charge in [-0.2, -0.15) is 0 Å². The Labute approximate surface area is 112 Å². The average Bonchev–Trinajstić information content (AvgIpc) is 2.64. The molecule has 0 atom stereocenters. The first-order valence-electron chi connectivity index (χ1n) is 4.53. The fourth-order valence-corrected chi connectivity index (χ4v) is 2.20. The van der Waals surface area contributed by atoms with E-state index in [0.717, 1.165) is 10.0 Å². The van der Waals surface area contributed by atoms with Gasteiger partial charge in [0.05, 0.1) is 10.9 Å². The first kappa shape index (κ1) is 11.9. The molecule has 3 nitrogen and oxygen atoms in total. The van der Waals surface area contributed by atoms with Gasteiger partial charge in [0.25, 0.3) is 0 Å². The number of hydrogen-bond acceptors (Lipinski definition) is 2. The molecule has 0 unspecified atom stereocenters. The van der Waals surface area contributed by atoms with Gasteiger partial charge >= 0.3 is 0 Å². The van der Waals surface area contributed by atoms with E-state index in [0.29, 0.717) is 22.6 Å². The van der Waals surface area contributed by atoms with Gasteiger partial charge in [-0.15, -0.1) is 21.8 Å². The Kier molecular flexibility index (Phi) is 3.52. The van der Waals surface area contributed by atoms with Crippen LogP contribution in [0.3, 0.4) is 0 Å². The zero-order valence-electron chi connectivity index (χ0n) is 8.41. The number of nitrogens with zero attached hydrogens (tertiary/aromatic N) is 3. The molecule has 0 aliphatic carbocycles. The molecule has 0 saturated carbocycles. The van der Waals surface area contributed by atoms with Crippen molar-refractivity contribution in [1.29, 1.82) is 0 Å². The van der Waals surface area contributed by atoms with Gasteiger partial charge < -0.3 is 4.57 Å². The van der Waals surface area contributed by atoms with E-state index in [2.05, 4.69) is 26.1 Å². The molecule has 1 aromatic carbocycles. The molecule has 0 spiro atoms. The standard InChI is InChI=1S/C10H8BrCl2N3/c1-16-8(5-12)14-15-10(16)6-3-2-4-7(11)9(6)13/h2-4H,5H2,1H3. The minimum absolute atomic E-state index is 0.328. The van der Waals surface area contributed by atoms with Crippen molar-refractivity contribution in [2.45, 2.75) is 5.88 Å². The predicted molar refractivity (Wildman–Crippen MR) is 68.7 cm³/mol. The van der Waals surface area contributed by atoms with Gasteiger partial charge in [0.15, 0.2) is 5.82 Å².